The van der Waals surface area contributed by atoms with Crippen LogP contribution in [0.1, 0.15) is 11.1 Å². The number of sulfone groups is 1. The summed E-state index contributed by atoms with van der Waals surface area (Å²) in [5.41, 5.74) is 1.76. The Labute approximate surface area is 95.5 Å². The predicted molar refractivity (Wildman–Crippen MR) is 64.7 cm³/mol. The zero-order valence-electron chi connectivity index (χ0n) is 8.32. The Morgan fingerprint density at radius 1 is 1.27 bits per heavy atom. The van der Waals surface area contributed by atoms with Crippen molar-refractivity contribution in [3.8, 4) is 0 Å². The quantitative estimate of drug-likeness (QED) is 0.746. The molecule has 0 aliphatic carbocycles. The van der Waals surface area contributed by atoms with Crippen molar-refractivity contribution in [1.82, 2.24) is 0 Å². The summed E-state index contributed by atoms with van der Waals surface area (Å²) in [6.07, 6.45) is 1.72. The summed E-state index contributed by atoms with van der Waals surface area (Å²) in [5, 5.41) is 0. The third kappa shape index (κ3) is 4.06. The molecule has 1 aromatic carbocycles. The van der Waals surface area contributed by atoms with Crippen LogP contribution in [0.3, 0.4) is 0 Å². The molecule has 1 rings (SSSR count). The number of benzene rings is 1. The van der Waals surface area contributed by atoms with Crippen molar-refractivity contribution in [2.24, 2.45) is 0 Å². The van der Waals surface area contributed by atoms with Crippen molar-refractivity contribution in [1.29, 1.82) is 0 Å². The van der Waals surface area contributed by atoms with E-state index in [1.165, 1.54) is 0 Å². The van der Waals surface area contributed by atoms with Gasteiger partial charge in [0.1, 0.15) is 0 Å². The van der Waals surface area contributed by atoms with Crippen LogP contribution in [0.25, 0.3) is 6.08 Å². The Morgan fingerprint density at radius 3 is 2.33 bits per heavy atom. The number of alkyl halides is 1. The molecular weight excluding hydrogens is 232 g/mol. The fourth-order valence-electron chi connectivity index (χ4n) is 1.19. The summed E-state index contributed by atoms with van der Waals surface area (Å²) in [7, 11) is -3.06. The van der Waals surface area contributed by atoms with Crippen molar-refractivity contribution in [3.05, 3.63) is 42.0 Å². The van der Waals surface area contributed by atoms with Gasteiger partial charge in [0.05, 0.1) is 11.5 Å². The lowest BCUT2D eigenvalue weighted by atomic mass is 10.1. The van der Waals surface area contributed by atoms with E-state index >= 15 is 0 Å². The maximum absolute atomic E-state index is 11.4. The highest BCUT2D eigenvalue weighted by Crippen LogP contribution is 2.09. The second kappa shape index (κ2) is 5.33. The Kier molecular flexibility index (Phi) is 4.36. The summed E-state index contributed by atoms with van der Waals surface area (Å²) < 4.78 is 22.9. The molecule has 0 aliphatic rings. The molecule has 4 heteroatoms. The standard InChI is InChI=1S/C11H13ClO2S/c1-2-10-3-5-11(6-4-10)9-15(13,14)8-7-12/h2-6H,1,7-9H2. The molecule has 0 unspecified atom stereocenters. The zero-order valence-corrected chi connectivity index (χ0v) is 9.89. The minimum absolute atomic E-state index is 0.0256. The molecule has 15 heavy (non-hydrogen) atoms. The van der Waals surface area contributed by atoms with E-state index in [1.54, 1.807) is 18.2 Å². The second-order valence-electron chi connectivity index (χ2n) is 3.23. The number of hydrogen-bond donors (Lipinski definition) is 0. The van der Waals surface area contributed by atoms with Gasteiger partial charge in [-0.05, 0) is 11.1 Å². The van der Waals surface area contributed by atoms with Gasteiger partial charge in [-0.3, -0.25) is 0 Å². The number of hydrogen-bond acceptors (Lipinski definition) is 2. The average Bonchev–Trinajstić information content (AvgIpc) is 2.18. The van der Waals surface area contributed by atoms with E-state index < -0.39 is 9.84 Å². The summed E-state index contributed by atoms with van der Waals surface area (Å²) in [6.45, 7) is 3.63. The van der Waals surface area contributed by atoms with Gasteiger partial charge in [-0.2, -0.15) is 0 Å². The lowest BCUT2D eigenvalue weighted by Crippen LogP contribution is -2.10. The molecule has 0 saturated carbocycles. The molecule has 0 N–H and O–H groups in total. The molecule has 0 aromatic heterocycles. The van der Waals surface area contributed by atoms with Crippen LogP contribution in [0, 0.1) is 0 Å². The van der Waals surface area contributed by atoms with Gasteiger partial charge in [0.25, 0.3) is 0 Å². The van der Waals surface area contributed by atoms with Crippen LogP contribution in [-0.2, 0) is 15.6 Å². The summed E-state index contributed by atoms with van der Waals surface area (Å²) in [6, 6.07) is 7.28. The van der Waals surface area contributed by atoms with E-state index in [0.717, 1.165) is 11.1 Å². The average molecular weight is 245 g/mol. The highest BCUT2D eigenvalue weighted by molar-refractivity contribution is 7.90. The van der Waals surface area contributed by atoms with Gasteiger partial charge < -0.3 is 0 Å². The predicted octanol–water partition coefficient (Wildman–Crippen LogP) is 2.48. The van der Waals surface area contributed by atoms with Crippen LogP contribution in [0.2, 0.25) is 0 Å². The van der Waals surface area contributed by atoms with Crippen molar-refractivity contribution >= 4 is 27.5 Å². The minimum Gasteiger partial charge on any atom is -0.228 e. The molecular formula is C11H13ClO2S. The molecule has 0 radical (unpaired) electrons. The highest BCUT2D eigenvalue weighted by Gasteiger charge is 2.10. The van der Waals surface area contributed by atoms with E-state index in [9.17, 15) is 8.42 Å². The first-order valence-corrected chi connectivity index (χ1v) is 6.91. The van der Waals surface area contributed by atoms with Crippen LogP contribution < -0.4 is 0 Å². The molecule has 1 aromatic rings. The van der Waals surface area contributed by atoms with E-state index in [-0.39, 0.29) is 17.4 Å². The molecule has 2 nitrogen and oxygen atoms in total. The van der Waals surface area contributed by atoms with Crippen LogP contribution >= 0.6 is 11.6 Å². The van der Waals surface area contributed by atoms with Crippen LogP contribution in [0.4, 0.5) is 0 Å². The van der Waals surface area contributed by atoms with E-state index in [0.29, 0.717) is 0 Å². The lowest BCUT2D eigenvalue weighted by molar-refractivity contribution is 0.596. The van der Waals surface area contributed by atoms with Crippen molar-refractivity contribution in [2.75, 3.05) is 11.6 Å². The van der Waals surface area contributed by atoms with Crippen LogP contribution in [0.5, 0.6) is 0 Å². The first kappa shape index (κ1) is 12.3. The van der Waals surface area contributed by atoms with Gasteiger partial charge in [-0.1, -0.05) is 36.9 Å². The fraction of sp³-hybridized carbons (Fsp3) is 0.273. The molecule has 82 valence electrons. The van der Waals surface area contributed by atoms with E-state index in [1.807, 2.05) is 12.1 Å². The van der Waals surface area contributed by atoms with E-state index in [4.69, 9.17) is 11.6 Å². The SMILES string of the molecule is C=Cc1ccc(CS(=O)(=O)CCCl)cc1. The maximum atomic E-state index is 11.4. The normalized spacial score (nSPS) is 11.3. The Bertz CT molecular complexity index is 420. The summed E-state index contributed by atoms with van der Waals surface area (Å²) in [5.74, 6) is 0.224. The minimum atomic E-state index is -3.06. The highest BCUT2D eigenvalue weighted by atomic mass is 35.5. The third-order valence-corrected chi connectivity index (χ3v) is 4.00. The Hall–Kier alpha value is -0.800. The topological polar surface area (TPSA) is 34.1 Å². The molecule has 0 aliphatic heterocycles. The van der Waals surface area contributed by atoms with Crippen molar-refractivity contribution < 1.29 is 8.42 Å². The molecule has 0 spiro atoms. The van der Waals surface area contributed by atoms with Gasteiger partial charge in [0, 0.05) is 5.88 Å². The monoisotopic (exact) mass is 244 g/mol. The number of rotatable bonds is 5. The summed E-state index contributed by atoms with van der Waals surface area (Å²) in [4.78, 5) is 0. The molecule has 0 saturated heterocycles. The smallest absolute Gasteiger partial charge is 0.155 e. The van der Waals surface area contributed by atoms with E-state index in [2.05, 4.69) is 6.58 Å². The van der Waals surface area contributed by atoms with Crippen molar-refractivity contribution in [3.63, 3.8) is 0 Å². The van der Waals surface area contributed by atoms with Gasteiger partial charge in [-0.15, -0.1) is 11.6 Å². The van der Waals surface area contributed by atoms with Gasteiger partial charge >= 0.3 is 0 Å². The van der Waals surface area contributed by atoms with Gasteiger partial charge in [0.2, 0.25) is 0 Å². The van der Waals surface area contributed by atoms with Crippen molar-refractivity contribution in [2.45, 2.75) is 5.75 Å². The molecule has 0 atom stereocenters. The third-order valence-electron chi connectivity index (χ3n) is 1.99. The zero-order chi connectivity index (χ0) is 11.3. The largest absolute Gasteiger partial charge is 0.228 e. The lowest BCUT2D eigenvalue weighted by Gasteiger charge is -2.02. The first-order chi connectivity index (χ1) is 7.07. The molecule has 0 bridgehead atoms. The Balaban J connectivity index is 2.77. The number of halogens is 1. The Morgan fingerprint density at radius 2 is 1.87 bits per heavy atom. The summed E-state index contributed by atoms with van der Waals surface area (Å²) >= 11 is 5.41. The first-order valence-electron chi connectivity index (χ1n) is 4.55. The molecule has 0 fully saturated rings. The van der Waals surface area contributed by atoms with Gasteiger partial charge in [0.15, 0.2) is 9.84 Å². The van der Waals surface area contributed by atoms with Crippen LogP contribution in [-0.4, -0.2) is 20.1 Å². The second-order valence-corrected chi connectivity index (χ2v) is 5.79. The molecule has 0 heterocycles. The molecule has 0 amide bonds. The van der Waals surface area contributed by atoms with Gasteiger partial charge in [-0.25, -0.2) is 8.42 Å². The maximum Gasteiger partial charge on any atom is 0.155 e. The fourth-order valence-corrected chi connectivity index (χ4v) is 2.98. The van der Waals surface area contributed by atoms with Crippen LogP contribution in [0.15, 0.2) is 30.8 Å².